The lowest BCUT2D eigenvalue weighted by Gasteiger charge is -2.24. The van der Waals surface area contributed by atoms with Gasteiger partial charge in [0.1, 0.15) is 11.8 Å². The highest BCUT2D eigenvalue weighted by atomic mass is 32.2. The molecule has 8 heteroatoms. The van der Waals surface area contributed by atoms with Crippen molar-refractivity contribution in [3.8, 4) is 5.75 Å². The lowest BCUT2D eigenvalue weighted by Crippen LogP contribution is -2.43. The monoisotopic (exact) mass is 420 g/mol. The zero-order valence-corrected chi connectivity index (χ0v) is 17.8. The molecule has 1 saturated heterocycles. The second-order valence-corrected chi connectivity index (χ2v) is 9.37. The number of nitrogens with zero attached hydrogens (tertiary/aromatic N) is 1. The number of nitrogens with one attached hydrogen (secondary N) is 1. The van der Waals surface area contributed by atoms with Gasteiger partial charge < -0.3 is 10.1 Å². The van der Waals surface area contributed by atoms with Crippen LogP contribution in [0.15, 0.2) is 52.3 Å². The van der Waals surface area contributed by atoms with Crippen molar-refractivity contribution in [3.05, 3.63) is 48.0 Å². The number of anilines is 1. The highest BCUT2D eigenvalue weighted by Crippen LogP contribution is 2.31. The molecule has 2 aromatic rings. The topological polar surface area (TPSA) is 75.7 Å². The summed E-state index contributed by atoms with van der Waals surface area (Å²) in [5.41, 5.74) is 1.29. The van der Waals surface area contributed by atoms with Crippen molar-refractivity contribution in [3.63, 3.8) is 0 Å². The number of carbonyl (C=O) groups is 1. The molecule has 0 aliphatic carbocycles. The van der Waals surface area contributed by atoms with Crippen LogP contribution in [-0.2, 0) is 14.8 Å². The second-order valence-electron chi connectivity index (χ2n) is 6.63. The van der Waals surface area contributed by atoms with Crippen LogP contribution in [0.25, 0.3) is 0 Å². The number of hydrogen-bond acceptors (Lipinski definition) is 5. The van der Waals surface area contributed by atoms with Gasteiger partial charge in [-0.3, -0.25) is 4.79 Å². The summed E-state index contributed by atoms with van der Waals surface area (Å²) < 4.78 is 33.0. The molecule has 2 aromatic carbocycles. The Hall–Kier alpha value is -2.03. The SMILES string of the molecule is COc1ccc(C)c(S(=O)(=O)N2CCC[C@@H]2C(=O)Nc2cccc(SC)c2)c1. The van der Waals surface area contributed by atoms with E-state index in [2.05, 4.69) is 5.32 Å². The van der Waals surface area contributed by atoms with E-state index in [1.807, 2.05) is 24.5 Å². The zero-order chi connectivity index (χ0) is 20.3. The van der Waals surface area contributed by atoms with Crippen molar-refractivity contribution in [2.24, 2.45) is 0 Å². The molecule has 1 aliphatic rings. The van der Waals surface area contributed by atoms with E-state index in [4.69, 9.17) is 4.74 Å². The summed E-state index contributed by atoms with van der Waals surface area (Å²) >= 11 is 1.58. The minimum absolute atomic E-state index is 0.177. The molecule has 1 N–H and O–H groups in total. The summed E-state index contributed by atoms with van der Waals surface area (Å²) in [5.74, 6) is 0.165. The Bertz CT molecular complexity index is 976. The van der Waals surface area contributed by atoms with Crippen molar-refractivity contribution in [2.75, 3.05) is 25.2 Å². The van der Waals surface area contributed by atoms with Crippen LogP contribution in [0.3, 0.4) is 0 Å². The summed E-state index contributed by atoms with van der Waals surface area (Å²) in [7, 11) is -2.32. The third kappa shape index (κ3) is 4.19. The van der Waals surface area contributed by atoms with Gasteiger partial charge in [0.25, 0.3) is 0 Å². The number of ether oxygens (including phenoxy) is 1. The fourth-order valence-electron chi connectivity index (χ4n) is 3.33. The van der Waals surface area contributed by atoms with Crippen LogP contribution in [0.1, 0.15) is 18.4 Å². The molecule has 0 aromatic heterocycles. The van der Waals surface area contributed by atoms with Crippen LogP contribution in [-0.4, -0.2) is 44.6 Å². The third-order valence-corrected chi connectivity index (χ3v) is 7.60. The molecule has 0 unspecified atom stereocenters. The van der Waals surface area contributed by atoms with E-state index in [1.165, 1.54) is 17.5 Å². The molecule has 1 heterocycles. The molecular formula is C20H24N2O4S2. The minimum Gasteiger partial charge on any atom is -0.497 e. The molecule has 0 radical (unpaired) electrons. The Morgan fingerprint density at radius 2 is 2.04 bits per heavy atom. The second kappa shape index (κ2) is 8.55. The number of aryl methyl sites for hydroxylation is 1. The first-order valence-electron chi connectivity index (χ1n) is 8.98. The average molecular weight is 421 g/mol. The van der Waals surface area contributed by atoms with Crippen molar-refractivity contribution in [1.29, 1.82) is 0 Å². The Labute approximate surface area is 170 Å². The first-order valence-corrected chi connectivity index (χ1v) is 11.6. The van der Waals surface area contributed by atoms with E-state index < -0.39 is 16.1 Å². The summed E-state index contributed by atoms with van der Waals surface area (Å²) in [6, 6.07) is 11.7. The number of hydrogen-bond donors (Lipinski definition) is 1. The van der Waals surface area contributed by atoms with Crippen molar-refractivity contribution in [2.45, 2.75) is 35.6 Å². The van der Waals surface area contributed by atoms with Crippen LogP contribution in [0, 0.1) is 6.92 Å². The van der Waals surface area contributed by atoms with Gasteiger partial charge >= 0.3 is 0 Å². The molecule has 28 heavy (non-hydrogen) atoms. The smallest absolute Gasteiger partial charge is 0.244 e. The number of methoxy groups -OCH3 is 1. The number of sulfonamides is 1. The quantitative estimate of drug-likeness (QED) is 0.724. The number of benzene rings is 2. The van der Waals surface area contributed by atoms with Gasteiger partial charge in [0.15, 0.2) is 0 Å². The molecule has 1 aliphatic heterocycles. The standard InChI is InChI=1S/C20H24N2O4S2/c1-14-9-10-16(26-2)13-19(14)28(24,25)22-11-5-8-18(22)20(23)21-15-6-4-7-17(12-15)27-3/h4,6-7,9-10,12-13,18H,5,8,11H2,1-3H3,(H,21,23)/t18-/m1/s1. The Morgan fingerprint density at radius 3 is 2.75 bits per heavy atom. The third-order valence-electron chi connectivity index (χ3n) is 4.83. The maximum absolute atomic E-state index is 13.3. The molecule has 1 amide bonds. The van der Waals surface area contributed by atoms with E-state index in [1.54, 1.807) is 36.9 Å². The lowest BCUT2D eigenvalue weighted by molar-refractivity contribution is -0.119. The van der Waals surface area contributed by atoms with E-state index in [0.717, 1.165) is 4.90 Å². The molecule has 0 bridgehead atoms. The van der Waals surface area contributed by atoms with Crippen LogP contribution >= 0.6 is 11.8 Å². The summed E-state index contributed by atoms with van der Waals surface area (Å²) in [6.07, 6.45) is 3.10. The van der Waals surface area contributed by atoms with Gasteiger partial charge in [-0.15, -0.1) is 11.8 Å². The van der Waals surface area contributed by atoms with Gasteiger partial charge in [-0.25, -0.2) is 8.42 Å². The predicted molar refractivity (Wildman–Crippen MR) is 111 cm³/mol. The van der Waals surface area contributed by atoms with Gasteiger partial charge in [0, 0.05) is 23.2 Å². The van der Waals surface area contributed by atoms with Crippen molar-refractivity contribution < 1.29 is 17.9 Å². The molecule has 1 fully saturated rings. The first kappa shape index (κ1) is 20.7. The molecular weight excluding hydrogens is 396 g/mol. The van der Waals surface area contributed by atoms with Gasteiger partial charge in [-0.05, 0) is 55.9 Å². The summed E-state index contributed by atoms with van der Waals surface area (Å²) in [6.45, 7) is 2.06. The Kier molecular flexibility index (Phi) is 6.32. The number of carbonyl (C=O) groups excluding carboxylic acids is 1. The van der Waals surface area contributed by atoms with E-state index in [-0.39, 0.29) is 10.8 Å². The van der Waals surface area contributed by atoms with E-state index in [0.29, 0.717) is 36.4 Å². The summed E-state index contributed by atoms with van der Waals surface area (Å²) in [5, 5.41) is 2.87. The molecule has 3 rings (SSSR count). The average Bonchev–Trinajstić information content (AvgIpc) is 3.19. The first-order chi connectivity index (χ1) is 13.4. The maximum atomic E-state index is 13.3. The maximum Gasteiger partial charge on any atom is 0.244 e. The van der Waals surface area contributed by atoms with Crippen LogP contribution < -0.4 is 10.1 Å². The van der Waals surface area contributed by atoms with Crippen molar-refractivity contribution >= 4 is 33.4 Å². The molecule has 0 saturated carbocycles. The Morgan fingerprint density at radius 1 is 1.25 bits per heavy atom. The highest BCUT2D eigenvalue weighted by Gasteiger charge is 2.40. The van der Waals surface area contributed by atoms with Gasteiger partial charge in [-0.1, -0.05) is 12.1 Å². The molecule has 0 spiro atoms. The van der Waals surface area contributed by atoms with Crippen LogP contribution in [0.2, 0.25) is 0 Å². The van der Waals surface area contributed by atoms with E-state index in [9.17, 15) is 13.2 Å². The van der Waals surface area contributed by atoms with Crippen LogP contribution in [0.4, 0.5) is 5.69 Å². The number of rotatable bonds is 6. The van der Waals surface area contributed by atoms with Gasteiger partial charge in [0.2, 0.25) is 15.9 Å². The lowest BCUT2D eigenvalue weighted by atomic mass is 10.2. The number of thioether (sulfide) groups is 1. The normalized spacial score (nSPS) is 17.5. The summed E-state index contributed by atoms with van der Waals surface area (Å²) in [4.78, 5) is 14.1. The zero-order valence-electron chi connectivity index (χ0n) is 16.1. The molecule has 150 valence electrons. The Balaban J connectivity index is 1.86. The van der Waals surface area contributed by atoms with E-state index >= 15 is 0 Å². The molecule has 6 nitrogen and oxygen atoms in total. The fraction of sp³-hybridized carbons (Fsp3) is 0.350. The highest BCUT2D eigenvalue weighted by molar-refractivity contribution is 7.98. The predicted octanol–water partition coefficient (Wildman–Crippen LogP) is 3.52. The minimum atomic E-state index is -3.81. The van der Waals surface area contributed by atoms with Gasteiger partial charge in [-0.2, -0.15) is 4.31 Å². The fourth-order valence-corrected chi connectivity index (χ4v) is 5.69. The molecule has 1 atom stereocenters. The van der Waals surface area contributed by atoms with Gasteiger partial charge in [0.05, 0.1) is 12.0 Å². The number of amides is 1. The van der Waals surface area contributed by atoms with Crippen LogP contribution in [0.5, 0.6) is 5.75 Å². The van der Waals surface area contributed by atoms with Crippen molar-refractivity contribution in [1.82, 2.24) is 4.31 Å². The largest absolute Gasteiger partial charge is 0.497 e.